The largest absolute Gasteiger partial charge is 0.493 e. The van der Waals surface area contributed by atoms with Crippen LogP contribution in [0.5, 0.6) is 11.5 Å². The van der Waals surface area contributed by atoms with E-state index in [1.54, 1.807) is 20.2 Å². The number of benzene rings is 2. The number of methoxy groups -OCH3 is 1. The molecule has 0 radical (unpaired) electrons. The molecule has 2 aliphatic heterocycles. The van der Waals surface area contributed by atoms with Gasteiger partial charge in [0.05, 0.1) is 19.9 Å². The molecule has 5 rings (SSSR count). The average Bonchev–Trinajstić information content (AvgIpc) is 3.46. The first kappa shape index (κ1) is 24.9. The highest BCUT2D eigenvalue weighted by molar-refractivity contribution is 5.95. The second-order valence-corrected chi connectivity index (χ2v) is 9.83. The number of amides is 2. The van der Waals surface area contributed by atoms with Crippen LogP contribution in [0.4, 0.5) is 5.69 Å². The van der Waals surface area contributed by atoms with Gasteiger partial charge in [-0.2, -0.15) is 0 Å². The molecule has 2 amide bonds. The summed E-state index contributed by atoms with van der Waals surface area (Å²) in [6.07, 6.45) is 4.66. The Balaban J connectivity index is 1.52. The predicted octanol–water partition coefficient (Wildman–Crippen LogP) is 4.49. The lowest BCUT2D eigenvalue weighted by Crippen LogP contribution is -2.41. The van der Waals surface area contributed by atoms with Gasteiger partial charge in [0.1, 0.15) is 11.5 Å². The second-order valence-electron chi connectivity index (χ2n) is 9.83. The number of rotatable bonds is 2. The van der Waals surface area contributed by atoms with Crippen LogP contribution < -0.4 is 14.4 Å². The number of para-hydroxylation sites is 1. The van der Waals surface area contributed by atoms with Crippen molar-refractivity contribution in [1.29, 1.82) is 0 Å². The molecule has 2 aromatic carbocycles. The van der Waals surface area contributed by atoms with Gasteiger partial charge in [0.15, 0.2) is 11.5 Å². The van der Waals surface area contributed by atoms with Crippen molar-refractivity contribution >= 4 is 17.5 Å². The molecule has 1 N–H and O–H groups in total. The molecule has 0 unspecified atom stereocenters. The molecule has 3 heterocycles. The lowest BCUT2D eigenvalue weighted by molar-refractivity contribution is -0.117. The third-order valence-electron chi connectivity index (χ3n) is 7.41. The fourth-order valence-corrected chi connectivity index (χ4v) is 5.67. The van der Waals surface area contributed by atoms with Gasteiger partial charge in [-0.05, 0) is 61.9 Å². The first-order valence-electron chi connectivity index (χ1n) is 13.0. The minimum atomic E-state index is -0.0644. The van der Waals surface area contributed by atoms with Gasteiger partial charge in [0.2, 0.25) is 5.91 Å². The highest BCUT2D eigenvalue weighted by atomic mass is 16.5. The number of H-pyrrole nitrogens is 1. The number of carbonyl (C=O) groups is 2. The zero-order valence-corrected chi connectivity index (χ0v) is 21.7. The van der Waals surface area contributed by atoms with E-state index in [-0.39, 0.29) is 23.8 Å². The van der Waals surface area contributed by atoms with Gasteiger partial charge < -0.3 is 24.3 Å². The summed E-state index contributed by atoms with van der Waals surface area (Å²) in [6, 6.07) is 14.1. The molecule has 0 saturated carbocycles. The zero-order valence-electron chi connectivity index (χ0n) is 21.7. The van der Waals surface area contributed by atoms with Crippen LogP contribution in [0, 0.1) is 6.92 Å². The van der Waals surface area contributed by atoms with Crippen LogP contribution in [0.2, 0.25) is 0 Å². The van der Waals surface area contributed by atoms with Crippen LogP contribution in [0.15, 0.2) is 48.7 Å². The maximum absolute atomic E-state index is 13.4. The number of imidazole rings is 1. The van der Waals surface area contributed by atoms with Gasteiger partial charge in [-0.15, -0.1) is 0 Å². The molecule has 8 heteroatoms. The van der Waals surface area contributed by atoms with E-state index in [4.69, 9.17) is 9.47 Å². The topological polar surface area (TPSA) is 87.8 Å². The molecule has 3 aromatic rings. The van der Waals surface area contributed by atoms with Gasteiger partial charge in [-0.3, -0.25) is 9.59 Å². The molecule has 0 saturated heterocycles. The normalized spacial score (nSPS) is 19.9. The first-order valence-corrected chi connectivity index (χ1v) is 13.0. The van der Waals surface area contributed by atoms with Crippen LogP contribution >= 0.6 is 0 Å². The highest BCUT2D eigenvalue weighted by Crippen LogP contribution is 2.44. The zero-order chi connectivity index (χ0) is 25.9. The molecule has 8 nitrogen and oxygen atoms in total. The number of carbonyl (C=O) groups excluding carboxylic acids is 2. The fraction of sp³-hybridized carbons (Fsp3) is 0.414. The Morgan fingerprint density at radius 1 is 1.14 bits per heavy atom. The van der Waals surface area contributed by atoms with E-state index < -0.39 is 0 Å². The van der Waals surface area contributed by atoms with Gasteiger partial charge in [0.25, 0.3) is 5.91 Å². The smallest absolute Gasteiger partial charge is 0.271 e. The Hall–Kier alpha value is -3.81. The molecule has 0 fully saturated rings. The lowest BCUT2D eigenvalue weighted by atomic mass is 9.87. The Labute approximate surface area is 217 Å². The van der Waals surface area contributed by atoms with Crippen molar-refractivity contribution in [2.45, 2.75) is 51.5 Å². The van der Waals surface area contributed by atoms with E-state index in [1.807, 2.05) is 53.1 Å². The van der Waals surface area contributed by atoms with Crippen LogP contribution in [0.1, 0.15) is 59.5 Å². The highest BCUT2D eigenvalue weighted by Gasteiger charge is 2.40. The molecule has 1 aromatic heterocycles. The number of hydrogen-bond donors (Lipinski definition) is 1. The number of anilines is 1. The maximum atomic E-state index is 13.4. The fourth-order valence-electron chi connectivity index (χ4n) is 5.67. The Bertz CT molecular complexity index is 1290. The monoisotopic (exact) mass is 502 g/mol. The molecular weight excluding hydrogens is 468 g/mol. The van der Waals surface area contributed by atoms with E-state index in [1.165, 1.54) is 0 Å². The molecule has 2 atom stereocenters. The molecule has 2 aliphatic rings. The lowest BCUT2D eigenvalue weighted by Gasteiger charge is -2.30. The van der Waals surface area contributed by atoms with E-state index in [0.717, 1.165) is 41.9 Å². The van der Waals surface area contributed by atoms with Crippen molar-refractivity contribution in [3.63, 3.8) is 0 Å². The van der Waals surface area contributed by atoms with Crippen molar-refractivity contribution in [2.75, 3.05) is 31.7 Å². The van der Waals surface area contributed by atoms with Crippen molar-refractivity contribution < 1.29 is 19.1 Å². The third kappa shape index (κ3) is 5.05. The number of fused-ring (bicyclic) bond motifs is 5. The summed E-state index contributed by atoms with van der Waals surface area (Å²) < 4.78 is 11.7. The maximum Gasteiger partial charge on any atom is 0.271 e. The molecule has 2 bridgehead atoms. The van der Waals surface area contributed by atoms with Gasteiger partial charge >= 0.3 is 0 Å². The first-order chi connectivity index (χ1) is 18.0. The van der Waals surface area contributed by atoms with E-state index >= 15 is 0 Å². The SMILES string of the molecule is COc1ccc2cc1OCCCCN(C(=O)c1cnc(C)[nH]1)CC[C@@H]1c3ccccc3N(C(C)=O)[C@@H]1C2. The van der Waals surface area contributed by atoms with E-state index in [2.05, 4.69) is 16.0 Å². The number of aromatic amines is 1. The predicted molar refractivity (Wildman–Crippen MR) is 141 cm³/mol. The number of nitrogens with zero attached hydrogens (tertiary/aromatic N) is 3. The minimum absolute atomic E-state index is 0.0203. The van der Waals surface area contributed by atoms with Crippen LogP contribution in [0.3, 0.4) is 0 Å². The summed E-state index contributed by atoms with van der Waals surface area (Å²) in [5, 5.41) is 0. The van der Waals surface area contributed by atoms with Crippen molar-refractivity contribution in [1.82, 2.24) is 14.9 Å². The summed E-state index contributed by atoms with van der Waals surface area (Å²) in [5.74, 6) is 2.18. The van der Waals surface area contributed by atoms with Crippen molar-refractivity contribution in [3.8, 4) is 11.5 Å². The van der Waals surface area contributed by atoms with Crippen molar-refractivity contribution in [3.05, 3.63) is 71.3 Å². The van der Waals surface area contributed by atoms with E-state index in [0.29, 0.717) is 43.3 Å². The standard InChI is InChI=1S/C29H34N4O4/c1-19-30-18-24(31-19)29(35)32-13-6-7-15-37-28-17-21(10-11-27(28)36-3)16-26-23(12-14-32)22-8-4-5-9-25(22)33(26)20(2)34/h4-5,8-11,17-18,23,26H,6-7,12-16H2,1-3H3,(H,30,31)/t23-,26-/m1/s1. The van der Waals surface area contributed by atoms with Crippen LogP contribution in [-0.4, -0.2) is 59.5 Å². The summed E-state index contributed by atoms with van der Waals surface area (Å²) >= 11 is 0. The van der Waals surface area contributed by atoms with E-state index in [9.17, 15) is 9.59 Å². The second kappa shape index (κ2) is 10.7. The van der Waals surface area contributed by atoms with Crippen LogP contribution in [0.25, 0.3) is 0 Å². The number of hydrogen-bond acceptors (Lipinski definition) is 5. The summed E-state index contributed by atoms with van der Waals surface area (Å²) in [4.78, 5) is 37.5. The molecule has 37 heavy (non-hydrogen) atoms. The number of ether oxygens (including phenoxy) is 2. The van der Waals surface area contributed by atoms with Gasteiger partial charge in [-0.1, -0.05) is 24.3 Å². The molecule has 0 aliphatic carbocycles. The van der Waals surface area contributed by atoms with Crippen LogP contribution in [-0.2, 0) is 11.2 Å². The molecule has 194 valence electrons. The Morgan fingerprint density at radius 3 is 2.73 bits per heavy atom. The molecular formula is C29H34N4O4. The van der Waals surface area contributed by atoms with Gasteiger partial charge in [0, 0.05) is 37.7 Å². The third-order valence-corrected chi connectivity index (χ3v) is 7.41. The Kier molecular flexibility index (Phi) is 7.17. The summed E-state index contributed by atoms with van der Waals surface area (Å²) in [5.41, 5.74) is 3.71. The summed E-state index contributed by atoms with van der Waals surface area (Å²) in [7, 11) is 1.64. The summed E-state index contributed by atoms with van der Waals surface area (Å²) in [6.45, 7) is 5.21. The number of aromatic nitrogens is 2. The average molecular weight is 503 g/mol. The quantitative estimate of drug-likeness (QED) is 0.558. The van der Waals surface area contributed by atoms with Gasteiger partial charge in [-0.25, -0.2) is 4.98 Å². The number of aryl methyl sites for hydroxylation is 1. The Morgan fingerprint density at radius 2 is 1.97 bits per heavy atom. The van der Waals surface area contributed by atoms with Crippen molar-refractivity contribution in [2.24, 2.45) is 0 Å². The molecule has 0 spiro atoms. The number of nitrogens with one attached hydrogen (secondary N) is 1. The minimum Gasteiger partial charge on any atom is -0.493 e.